The molecule has 0 saturated carbocycles. The molecule has 0 fully saturated rings. The molecule has 0 amide bonds. The molecule has 0 aliphatic rings. The molecule has 3 heteroatoms. The van der Waals surface area contributed by atoms with E-state index >= 15 is 0 Å². The van der Waals surface area contributed by atoms with E-state index in [1.165, 1.54) is 10.9 Å². The van der Waals surface area contributed by atoms with Crippen LogP contribution in [-0.2, 0) is 0 Å². The van der Waals surface area contributed by atoms with Crippen molar-refractivity contribution in [3.8, 4) is 0 Å². The molecular formula is C18H19N3. The Hall–Kier alpha value is -2.39. The van der Waals surface area contributed by atoms with E-state index in [4.69, 9.17) is 5.73 Å². The molecule has 1 aromatic heterocycles. The minimum atomic E-state index is 0.0497. The Kier molecular flexibility index (Phi) is 4.12. The summed E-state index contributed by atoms with van der Waals surface area (Å²) in [5, 5.41) is 5.74. The number of aromatic nitrogens is 1. The predicted molar refractivity (Wildman–Crippen MR) is 88.2 cm³/mol. The van der Waals surface area contributed by atoms with Crippen molar-refractivity contribution in [3.63, 3.8) is 0 Å². The van der Waals surface area contributed by atoms with Gasteiger partial charge in [-0.15, -0.1) is 0 Å². The Morgan fingerprint density at radius 1 is 0.952 bits per heavy atom. The van der Waals surface area contributed by atoms with Crippen molar-refractivity contribution in [2.45, 2.75) is 12.5 Å². The van der Waals surface area contributed by atoms with Crippen LogP contribution in [0.15, 0.2) is 66.9 Å². The molecule has 0 aliphatic carbocycles. The van der Waals surface area contributed by atoms with E-state index in [1.807, 2.05) is 42.6 Å². The Morgan fingerprint density at radius 2 is 1.71 bits per heavy atom. The van der Waals surface area contributed by atoms with E-state index in [0.29, 0.717) is 0 Å². The number of rotatable bonds is 5. The van der Waals surface area contributed by atoms with E-state index < -0.39 is 0 Å². The summed E-state index contributed by atoms with van der Waals surface area (Å²) in [6.07, 6.45) is 2.71. The van der Waals surface area contributed by atoms with Crippen molar-refractivity contribution in [2.75, 3.05) is 11.9 Å². The summed E-state index contributed by atoms with van der Waals surface area (Å²) in [6.45, 7) is 0.803. The highest BCUT2D eigenvalue weighted by Gasteiger charge is 2.06. The molecule has 0 bridgehead atoms. The van der Waals surface area contributed by atoms with Gasteiger partial charge in [0.15, 0.2) is 0 Å². The molecule has 0 spiro atoms. The van der Waals surface area contributed by atoms with Crippen molar-refractivity contribution >= 4 is 16.6 Å². The molecule has 1 unspecified atom stereocenters. The van der Waals surface area contributed by atoms with Crippen LogP contribution in [0.5, 0.6) is 0 Å². The third-order valence-electron chi connectivity index (χ3n) is 3.65. The van der Waals surface area contributed by atoms with Gasteiger partial charge in [-0.25, -0.2) is 4.98 Å². The maximum absolute atomic E-state index is 6.21. The van der Waals surface area contributed by atoms with Gasteiger partial charge in [0.1, 0.15) is 5.82 Å². The minimum absolute atomic E-state index is 0.0497. The molecule has 3 aromatic rings. The number of nitrogens with two attached hydrogens (primary N) is 1. The maximum Gasteiger partial charge on any atom is 0.133 e. The molecule has 0 aliphatic heterocycles. The monoisotopic (exact) mass is 277 g/mol. The fourth-order valence-corrected chi connectivity index (χ4v) is 2.47. The number of hydrogen-bond acceptors (Lipinski definition) is 3. The van der Waals surface area contributed by atoms with Crippen LogP contribution in [0.1, 0.15) is 18.0 Å². The van der Waals surface area contributed by atoms with Gasteiger partial charge in [-0.05, 0) is 23.4 Å². The van der Waals surface area contributed by atoms with Crippen LogP contribution < -0.4 is 11.1 Å². The number of anilines is 1. The van der Waals surface area contributed by atoms with Crippen molar-refractivity contribution in [2.24, 2.45) is 5.73 Å². The van der Waals surface area contributed by atoms with Crippen molar-refractivity contribution in [1.82, 2.24) is 4.98 Å². The van der Waals surface area contributed by atoms with Crippen molar-refractivity contribution in [3.05, 3.63) is 72.4 Å². The lowest BCUT2D eigenvalue weighted by Gasteiger charge is -2.13. The Balaban J connectivity index is 1.65. The summed E-state index contributed by atoms with van der Waals surface area (Å²) in [5.74, 6) is 0.924. The second-order valence-electron chi connectivity index (χ2n) is 5.11. The summed E-state index contributed by atoms with van der Waals surface area (Å²) >= 11 is 0. The van der Waals surface area contributed by atoms with Crippen LogP contribution in [0.4, 0.5) is 5.82 Å². The van der Waals surface area contributed by atoms with Gasteiger partial charge >= 0.3 is 0 Å². The molecule has 2 aromatic carbocycles. The smallest absolute Gasteiger partial charge is 0.133 e. The van der Waals surface area contributed by atoms with Gasteiger partial charge in [-0.3, -0.25) is 0 Å². The van der Waals surface area contributed by atoms with E-state index in [9.17, 15) is 0 Å². The summed E-state index contributed by atoms with van der Waals surface area (Å²) in [7, 11) is 0. The number of fused-ring (bicyclic) bond motifs is 1. The first kappa shape index (κ1) is 13.6. The zero-order valence-corrected chi connectivity index (χ0v) is 11.9. The summed E-state index contributed by atoms with van der Waals surface area (Å²) in [6, 6.07) is 20.5. The lowest BCUT2D eigenvalue weighted by molar-refractivity contribution is 0.674. The highest BCUT2D eigenvalue weighted by molar-refractivity contribution is 5.91. The van der Waals surface area contributed by atoms with Crippen molar-refractivity contribution in [1.29, 1.82) is 0 Å². The Bertz CT molecular complexity index is 704. The van der Waals surface area contributed by atoms with Gasteiger partial charge in [-0.2, -0.15) is 0 Å². The normalized spacial score (nSPS) is 12.2. The van der Waals surface area contributed by atoms with Crippen LogP contribution in [0.25, 0.3) is 10.8 Å². The van der Waals surface area contributed by atoms with Gasteiger partial charge in [-0.1, -0.05) is 54.6 Å². The first-order valence-corrected chi connectivity index (χ1v) is 7.23. The van der Waals surface area contributed by atoms with Gasteiger partial charge in [0.05, 0.1) is 0 Å². The topological polar surface area (TPSA) is 50.9 Å². The van der Waals surface area contributed by atoms with Crippen LogP contribution >= 0.6 is 0 Å². The van der Waals surface area contributed by atoms with E-state index in [-0.39, 0.29) is 6.04 Å². The highest BCUT2D eigenvalue weighted by atomic mass is 15.0. The molecule has 3 N–H and O–H groups in total. The lowest BCUT2D eigenvalue weighted by atomic mass is 10.1. The molecule has 3 nitrogen and oxygen atoms in total. The number of hydrogen-bond donors (Lipinski definition) is 2. The predicted octanol–water partition coefficient (Wildman–Crippen LogP) is 3.74. The molecule has 3 rings (SSSR count). The van der Waals surface area contributed by atoms with Crippen LogP contribution in [0, 0.1) is 0 Å². The van der Waals surface area contributed by atoms with E-state index in [1.54, 1.807) is 0 Å². The van der Waals surface area contributed by atoms with Gasteiger partial charge < -0.3 is 11.1 Å². The largest absolute Gasteiger partial charge is 0.369 e. The maximum atomic E-state index is 6.21. The molecule has 106 valence electrons. The quantitative estimate of drug-likeness (QED) is 0.747. The average Bonchev–Trinajstić information content (AvgIpc) is 2.56. The second kappa shape index (κ2) is 6.37. The van der Waals surface area contributed by atoms with E-state index in [2.05, 4.69) is 34.6 Å². The van der Waals surface area contributed by atoms with Crippen LogP contribution in [-0.4, -0.2) is 11.5 Å². The Morgan fingerprint density at radius 3 is 2.57 bits per heavy atom. The van der Waals surface area contributed by atoms with Crippen LogP contribution in [0.2, 0.25) is 0 Å². The van der Waals surface area contributed by atoms with Crippen LogP contribution in [0.3, 0.4) is 0 Å². The average molecular weight is 277 g/mol. The number of pyridine rings is 1. The first-order chi connectivity index (χ1) is 10.3. The summed E-state index contributed by atoms with van der Waals surface area (Å²) in [4.78, 5) is 4.42. The van der Waals surface area contributed by atoms with Gasteiger partial charge in [0.2, 0.25) is 0 Å². The molecule has 21 heavy (non-hydrogen) atoms. The fourth-order valence-electron chi connectivity index (χ4n) is 2.47. The summed E-state index contributed by atoms with van der Waals surface area (Å²) in [5.41, 5.74) is 7.38. The summed E-state index contributed by atoms with van der Waals surface area (Å²) < 4.78 is 0. The third-order valence-corrected chi connectivity index (χ3v) is 3.65. The molecular weight excluding hydrogens is 258 g/mol. The fraction of sp³-hybridized carbons (Fsp3) is 0.167. The molecule has 1 atom stereocenters. The number of benzene rings is 2. The lowest BCUT2D eigenvalue weighted by Crippen LogP contribution is -2.15. The zero-order valence-electron chi connectivity index (χ0n) is 11.9. The number of nitrogens with zero attached hydrogens (tertiary/aromatic N) is 1. The third kappa shape index (κ3) is 3.20. The van der Waals surface area contributed by atoms with E-state index in [0.717, 1.165) is 24.2 Å². The second-order valence-corrected chi connectivity index (χ2v) is 5.11. The molecule has 0 radical (unpaired) electrons. The minimum Gasteiger partial charge on any atom is -0.369 e. The first-order valence-electron chi connectivity index (χ1n) is 7.23. The standard InChI is InChI=1S/C18H19N3/c19-17(15-7-2-1-3-8-15)11-13-21-18-16-9-5-4-6-14(16)10-12-20-18/h1-10,12,17H,11,13,19H2,(H,20,21). The SMILES string of the molecule is NC(CCNc1nccc2ccccc12)c1ccccc1. The molecule has 1 heterocycles. The molecule has 0 saturated heterocycles. The number of nitrogens with one attached hydrogen (secondary N) is 1. The highest BCUT2D eigenvalue weighted by Crippen LogP contribution is 2.21. The van der Waals surface area contributed by atoms with Gasteiger partial charge in [0.25, 0.3) is 0 Å². The Labute approximate surface area is 124 Å². The van der Waals surface area contributed by atoms with Crippen molar-refractivity contribution < 1.29 is 0 Å². The van der Waals surface area contributed by atoms with Gasteiger partial charge in [0, 0.05) is 24.2 Å². The zero-order chi connectivity index (χ0) is 14.5.